The van der Waals surface area contributed by atoms with Crippen LogP contribution in [-0.2, 0) is 27.9 Å². The predicted molar refractivity (Wildman–Crippen MR) is 105 cm³/mol. The van der Waals surface area contributed by atoms with Crippen LogP contribution in [0.15, 0.2) is 40.4 Å². The van der Waals surface area contributed by atoms with Crippen molar-refractivity contribution >= 4 is 44.6 Å². The van der Waals surface area contributed by atoms with E-state index in [4.69, 9.17) is 9.88 Å². The maximum Gasteiger partial charge on any atom is 0.414 e. The number of anilines is 1. The van der Waals surface area contributed by atoms with Gasteiger partial charge in [-0.25, -0.2) is 37.1 Å². The van der Waals surface area contributed by atoms with Crippen LogP contribution in [0.4, 0.5) is 19.3 Å². The molecule has 0 fully saturated rings. The molecule has 156 valence electrons. The van der Waals surface area contributed by atoms with Crippen LogP contribution in [0.2, 0.25) is 0 Å². The maximum atomic E-state index is 14.5. The molecule has 1 aromatic carbocycles. The number of primary sulfonamides is 1. The van der Waals surface area contributed by atoms with Gasteiger partial charge >= 0.3 is 6.09 Å². The summed E-state index contributed by atoms with van der Waals surface area (Å²) in [7, 11) is -4.30. The lowest BCUT2D eigenvalue weighted by molar-refractivity contribution is 0.141. The fourth-order valence-electron chi connectivity index (χ4n) is 3.13. The smallest absolute Gasteiger partial charge is 0.414 e. The summed E-state index contributed by atoms with van der Waals surface area (Å²) in [5.41, 5.74) is 0.783. The Balaban J connectivity index is 1.84. The standard InChI is InChI=1S/C18H14F2N4O4S2/c1-29-15-3-2-11-16-9(6-22-17(11)23-15)8-28-18(25)24(16)7-12-13(19)4-10(5-14(12)20)30(21,26)27/h2-6H,7-8H2,1H3,(H2,21,26,27). The summed E-state index contributed by atoms with van der Waals surface area (Å²) in [5.74, 6) is -2.31. The number of sulfonamides is 1. The summed E-state index contributed by atoms with van der Waals surface area (Å²) in [5, 5.41) is 6.17. The summed E-state index contributed by atoms with van der Waals surface area (Å²) < 4.78 is 57.0. The number of fused-ring (bicyclic) bond motifs is 3. The van der Waals surface area contributed by atoms with Crippen LogP contribution < -0.4 is 10.0 Å². The first-order valence-electron chi connectivity index (χ1n) is 8.46. The summed E-state index contributed by atoms with van der Waals surface area (Å²) in [4.78, 5) is 21.5. The number of hydrogen-bond donors (Lipinski definition) is 1. The Morgan fingerprint density at radius 1 is 1.27 bits per heavy atom. The molecule has 0 atom stereocenters. The van der Waals surface area contributed by atoms with Gasteiger partial charge in [-0.05, 0) is 30.5 Å². The van der Waals surface area contributed by atoms with Crippen molar-refractivity contribution < 1.29 is 26.7 Å². The highest BCUT2D eigenvalue weighted by Crippen LogP contribution is 2.35. The summed E-state index contributed by atoms with van der Waals surface area (Å²) in [6, 6.07) is 4.69. The molecule has 0 radical (unpaired) electrons. The predicted octanol–water partition coefficient (Wildman–Crippen LogP) is 2.93. The van der Waals surface area contributed by atoms with E-state index < -0.39 is 44.8 Å². The number of aromatic nitrogens is 2. The van der Waals surface area contributed by atoms with Crippen molar-refractivity contribution in [3.63, 3.8) is 0 Å². The first-order valence-corrected chi connectivity index (χ1v) is 11.2. The number of nitrogens with zero attached hydrogens (tertiary/aromatic N) is 3. The summed E-state index contributed by atoms with van der Waals surface area (Å²) >= 11 is 1.42. The highest BCUT2D eigenvalue weighted by Gasteiger charge is 2.31. The third-order valence-electron chi connectivity index (χ3n) is 4.56. The molecular formula is C18H14F2N4O4S2. The second-order valence-electron chi connectivity index (χ2n) is 6.41. The molecule has 4 rings (SSSR count). The van der Waals surface area contributed by atoms with E-state index in [1.165, 1.54) is 18.0 Å². The second-order valence-corrected chi connectivity index (χ2v) is 8.80. The van der Waals surface area contributed by atoms with Gasteiger partial charge < -0.3 is 4.74 Å². The Morgan fingerprint density at radius 2 is 1.97 bits per heavy atom. The van der Waals surface area contributed by atoms with Gasteiger partial charge in [0, 0.05) is 22.7 Å². The van der Waals surface area contributed by atoms with Gasteiger partial charge in [-0.15, -0.1) is 11.8 Å². The Labute approximate surface area is 174 Å². The van der Waals surface area contributed by atoms with Crippen LogP contribution in [0.25, 0.3) is 11.0 Å². The van der Waals surface area contributed by atoms with Crippen LogP contribution in [0.3, 0.4) is 0 Å². The van der Waals surface area contributed by atoms with Crippen molar-refractivity contribution in [1.29, 1.82) is 0 Å². The highest BCUT2D eigenvalue weighted by molar-refractivity contribution is 7.98. The van der Waals surface area contributed by atoms with Gasteiger partial charge in [0.1, 0.15) is 18.2 Å². The Morgan fingerprint density at radius 3 is 2.60 bits per heavy atom. The lowest BCUT2D eigenvalue weighted by Gasteiger charge is -2.30. The first-order chi connectivity index (χ1) is 14.2. The van der Waals surface area contributed by atoms with E-state index in [1.807, 2.05) is 6.26 Å². The molecule has 1 aliphatic heterocycles. The molecule has 3 heterocycles. The monoisotopic (exact) mass is 452 g/mol. The van der Waals surface area contributed by atoms with E-state index in [0.29, 0.717) is 34.4 Å². The van der Waals surface area contributed by atoms with Crippen molar-refractivity contribution in [2.24, 2.45) is 5.14 Å². The van der Waals surface area contributed by atoms with Crippen LogP contribution in [-0.4, -0.2) is 30.7 Å². The second kappa shape index (κ2) is 7.45. The van der Waals surface area contributed by atoms with Gasteiger partial charge in [-0.1, -0.05) is 0 Å². The van der Waals surface area contributed by atoms with E-state index >= 15 is 0 Å². The summed E-state index contributed by atoms with van der Waals surface area (Å²) in [6.07, 6.45) is 2.54. The number of halogens is 2. The topological polar surface area (TPSA) is 115 Å². The van der Waals surface area contributed by atoms with Crippen LogP contribution >= 0.6 is 11.8 Å². The molecule has 0 bridgehead atoms. The van der Waals surface area contributed by atoms with Crippen molar-refractivity contribution in [3.05, 3.63) is 53.2 Å². The zero-order chi connectivity index (χ0) is 21.6. The Kier molecular flexibility index (Phi) is 5.08. The van der Waals surface area contributed by atoms with Crippen molar-refractivity contribution in [2.75, 3.05) is 11.2 Å². The molecule has 8 nitrogen and oxygen atoms in total. The third-order valence-corrected chi connectivity index (χ3v) is 6.10. The number of carbonyl (C=O) groups excluding carboxylic acids is 1. The fraction of sp³-hybridized carbons (Fsp3) is 0.167. The lowest BCUT2D eigenvalue weighted by Crippen LogP contribution is -2.36. The van der Waals surface area contributed by atoms with Crippen molar-refractivity contribution in [3.8, 4) is 0 Å². The van der Waals surface area contributed by atoms with Gasteiger partial charge in [-0.2, -0.15) is 0 Å². The van der Waals surface area contributed by atoms with Crippen LogP contribution in [0.1, 0.15) is 11.1 Å². The molecule has 0 saturated carbocycles. The molecular weight excluding hydrogens is 438 g/mol. The minimum Gasteiger partial charge on any atom is -0.444 e. The molecule has 0 aliphatic carbocycles. The molecule has 2 aromatic heterocycles. The van der Waals surface area contributed by atoms with E-state index in [-0.39, 0.29) is 6.61 Å². The van der Waals surface area contributed by atoms with E-state index in [9.17, 15) is 22.0 Å². The van der Waals surface area contributed by atoms with Gasteiger partial charge in [0.15, 0.2) is 5.65 Å². The van der Waals surface area contributed by atoms with Gasteiger partial charge in [0.25, 0.3) is 0 Å². The fourth-order valence-corrected chi connectivity index (χ4v) is 4.05. The summed E-state index contributed by atoms with van der Waals surface area (Å²) in [6.45, 7) is -0.578. The number of thioether (sulfide) groups is 1. The number of hydrogen-bond acceptors (Lipinski definition) is 7. The number of benzene rings is 1. The van der Waals surface area contributed by atoms with Gasteiger partial charge in [0.05, 0.1) is 22.2 Å². The largest absolute Gasteiger partial charge is 0.444 e. The molecule has 0 saturated heterocycles. The number of amides is 1. The van der Waals surface area contributed by atoms with Crippen molar-refractivity contribution in [1.82, 2.24) is 9.97 Å². The molecule has 1 aliphatic rings. The van der Waals surface area contributed by atoms with Gasteiger partial charge in [-0.3, -0.25) is 4.90 Å². The third kappa shape index (κ3) is 3.57. The average Bonchev–Trinajstić information content (AvgIpc) is 2.70. The number of pyridine rings is 2. The lowest BCUT2D eigenvalue weighted by atomic mass is 10.1. The Hall–Kier alpha value is -2.83. The minimum atomic E-state index is -4.30. The average molecular weight is 452 g/mol. The minimum absolute atomic E-state index is 0.0484. The number of nitrogens with two attached hydrogens (primary N) is 1. The number of carbonyl (C=O) groups is 1. The normalized spacial score (nSPS) is 14.0. The van der Waals surface area contributed by atoms with E-state index in [0.717, 1.165) is 9.93 Å². The van der Waals surface area contributed by atoms with Gasteiger partial charge in [0.2, 0.25) is 10.0 Å². The van der Waals surface area contributed by atoms with E-state index in [1.54, 1.807) is 12.1 Å². The van der Waals surface area contributed by atoms with Crippen LogP contribution in [0, 0.1) is 11.6 Å². The van der Waals surface area contributed by atoms with Crippen LogP contribution in [0.5, 0.6) is 0 Å². The molecule has 2 N–H and O–H groups in total. The molecule has 1 amide bonds. The van der Waals surface area contributed by atoms with Crippen molar-refractivity contribution in [2.45, 2.75) is 23.1 Å². The number of rotatable bonds is 4. The highest BCUT2D eigenvalue weighted by atomic mass is 32.2. The Bertz CT molecular complexity index is 1280. The molecule has 12 heteroatoms. The molecule has 0 unspecified atom stereocenters. The van der Waals surface area contributed by atoms with E-state index in [2.05, 4.69) is 9.97 Å². The molecule has 3 aromatic rings. The number of cyclic esters (lactones) is 1. The zero-order valence-electron chi connectivity index (χ0n) is 15.4. The zero-order valence-corrected chi connectivity index (χ0v) is 17.1. The number of ether oxygens (including phenoxy) is 1. The first kappa shape index (κ1) is 20.4. The maximum absolute atomic E-state index is 14.5. The molecule has 30 heavy (non-hydrogen) atoms. The SMILES string of the molecule is CSc1ccc2c3c(cnc2n1)COC(=O)N3Cc1c(F)cc(S(N)(=O)=O)cc1F. The quantitative estimate of drug-likeness (QED) is 0.605. The molecule has 0 spiro atoms.